The van der Waals surface area contributed by atoms with Crippen LogP contribution in [0.2, 0.25) is 0 Å². The van der Waals surface area contributed by atoms with Gasteiger partial charge in [-0.25, -0.2) is 9.07 Å². The Morgan fingerprint density at radius 2 is 1.69 bits per heavy atom. The van der Waals surface area contributed by atoms with Crippen LogP contribution in [0, 0.1) is 5.82 Å². The quantitative estimate of drug-likeness (QED) is 0.436. The third-order valence-electron chi connectivity index (χ3n) is 5.36. The number of aliphatic carboxylic acids is 1. The number of halogens is 1. The van der Waals surface area contributed by atoms with Crippen LogP contribution in [-0.4, -0.2) is 43.3 Å². The highest BCUT2D eigenvalue weighted by Gasteiger charge is 2.23. The number of nitrogens with zero attached hydrogens (tertiary/aromatic N) is 2. The van der Waals surface area contributed by atoms with Crippen LogP contribution in [0.25, 0.3) is 16.9 Å². The molecule has 6 nitrogen and oxygen atoms in total. The Balaban J connectivity index is 1.99. The lowest BCUT2D eigenvalue weighted by molar-refractivity contribution is -0.139. The highest BCUT2D eigenvalue weighted by Crippen LogP contribution is 2.34. The van der Waals surface area contributed by atoms with Gasteiger partial charge in [0.05, 0.1) is 35.7 Å². The molecule has 0 radical (unpaired) electrons. The van der Waals surface area contributed by atoms with E-state index in [1.165, 1.54) is 12.1 Å². The fraction of sp³-hybridized carbons (Fsp3) is 0.360. The molecule has 7 heteroatoms. The highest BCUT2D eigenvalue weighted by atomic mass is 19.1. The lowest BCUT2D eigenvalue weighted by Crippen LogP contribution is -2.21. The zero-order valence-electron chi connectivity index (χ0n) is 18.3. The zero-order valence-corrected chi connectivity index (χ0v) is 18.3. The number of aliphatic hydroxyl groups excluding tert-OH is 2. The minimum atomic E-state index is -1.10. The van der Waals surface area contributed by atoms with Crippen molar-refractivity contribution in [3.05, 3.63) is 71.7 Å². The van der Waals surface area contributed by atoms with Crippen molar-refractivity contribution in [3.63, 3.8) is 0 Å². The number of aliphatic hydroxyl groups is 2. The molecule has 0 aliphatic rings. The highest BCUT2D eigenvalue weighted by molar-refractivity contribution is 5.68. The van der Waals surface area contributed by atoms with Gasteiger partial charge >= 0.3 is 5.97 Å². The van der Waals surface area contributed by atoms with Gasteiger partial charge in [0.25, 0.3) is 0 Å². The number of para-hydroxylation sites is 1. The summed E-state index contributed by atoms with van der Waals surface area (Å²) < 4.78 is 15.5. The maximum Gasteiger partial charge on any atom is 0.305 e. The molecule has 0 aliphatic carbocycles. The van der Waals surface area contributed by atoms with Crippen molar-refractivity contribution in [3.8, 4) is 16.9 Å². The van der Waals surface area contributed by atoms with Gasteiger partial charge < -0.3 is 15.3 Å². The van der Waals surface area contributed by atoms with Crippen molar-refractivity contribution in [1.82, 2.24) is 9.78 Å². The Hall–Kier alpha value is -3.03. The van der Waals surface area contributed by atoms with E-state index in [1.807, 2.05) is 48.9 Å². The summed E-state index contributed by atoms with van der Waals surface area (Å²) >= 11 is 0. The topological polar surface area (TPSA) is 95.6 Å². The molecule has 0 saturated heterocycles. The van der Waals surface area contributed by atoms with Gasteiger partial charge in [-0.3, -0.25) is 4.79 Å². The number of aromatic nitrogens is 2. The molecule has 32 heavy (non-hydrogen) atoms. The molecule has 170 valence electrons. The van der Waals surface area contributed by atoms with E-state index >= 15 is 0 Å². The van der Waals surface area contributed by atoms with Gasteiger partial charge in [0, 0.05) is 11.1 Å². The number of carboxylic acid groups (broad SMARTS) is 1. The van der Waals surface area contributed by atoms with Crippen molar-refractivity contribution in [2.24, 2.45) is 0 Å². The van der Waals surface area contributed by atoms with Crippen molar-refractivity contribution >= 4 is 5.97 Å². The number of rotatable bonds is 10. The van der Waals surface area contributed by atoms with E-state index in [4.69, 9.17) is 10.2 Å². The number of hydrogen-bond donors (Lipinski definition) is 3. The standard InChI is InChI=1S/C25H29FN2O4/c1-16(2)24-22(13-12-20(29)14-21(30)15-23(31)32)25(17-8-10-18(26)11-9-17)28(27-24)19-6-4-3-5-7-19/h3-11,16,20-21,29-30H,12-15H2,1-2H3,(H,31,32)/t20-,21-/m1/s1. The van der Waals surface area contributed by atoms with Crippen LogP contribution in [0.4, 0.5) is 4.39 Å². The molecule has 3 rings (SSSR count). The average Bonchev–Trinajstić information content (AvgIpc) is 3.12. The second kappa shape index (κ2) is 10.5. The predicted octanol–water partition coefficient (Wildman–Crippen LogP) is 4.32. The smallest absolute Gasteiger partial charge is 0.305 e. The number of hydrogen-bond acceptors (Lipinski definition) is 4. The number of carboxylic acids is 1. The van der Waals surface area contributed by atoms with Crippen LogP contribution >= 0.6 is 0 Å². The minimum absolute atomic E-state index is 0.0119. The molecule has 2 aromatic carbocycles. The van der Waals surface area contributed by atoms with Gasteiger partial charge in [-0.1, -0.05) is 32.0 Å². The van der Waals surface area contributed by atoms with Crippen LogP contribution in [0.1, 0.15) is 50.3 Å². The molecule has 0 aliphatic heterocycles. The van der Waals surface area contributed by atoms with E-state index < -0.39 is 24.6 Å². The Labute approximate surface area is 187 Å². The van der Waals surface area contributed by atoms with Gasteiger partial charge in [0.2, 0.25) is 0 Å². The van der Waals surface area contributed by atoms with E-state index in [-0.39, 0.29) is 18.2 Å². The van der Waals surface area contributed by atoms with Crippen molar-refractivity contribution in [1.29, 1.82) is 0 Å². The summed E-state index contributed by atoms with van der Waals surface area (Å²) in [6.07, 6.45) is -1.55. The molecule has 0 saturated carbocycles. The normalized spacial score (nSPS) is 13.3. The van der Waals surface area contributed by atoms with Crippen molar-refractivity contribution < 1.29 is 24.5 Å². The van der Waals surface area contributed by atoms with Gasteiger partial charge in [0.15, 0.2) is 0 Å². The molecule has 0 spiro atoms. The maximum absolute atomic E-state index is 13.6. The fourth-order valence-electron chi connectivity index (χ4n) is 3.87. The molecule has 0 bridgehead atoms. The first-order valence-electron chi connectivity index (χ1n) is 10.8. The van der Waals surface area contributed by atoms with E-state index in [0.29, 0.717) is 12.8 Å². The molecule has 2 atom stereocenters. The Morgan fingerprint density at radius 3 is 2.28 bits per heavy atom. The summed E-state index contributed by atoms with van der Waals surface area (Å²) in [5.74, 6) is -1.31. The van der Waals surface area contributed by atoms with Gasteiger partial charge in [0.1, 0.15) is 5.82 Å². The minimum Gasteiger partial charge on any atom is -0.481 e. The Bertz CT molecular complexity index is 1030. The molecular formula is C25H29FN2O4. The summed E-state index contributed by atoms with van der Waals surface area (Å²) in [5, 5.41) is 34.0. The van der Waals surface area contributed by atoms with Gasteiger partial charge in [-0.05, 0) is 61.6 Å². The second-order valence-corrected chi connectivity index (χ2v) is 8.30. The first-order chi connectivity index (χ1) is 15.3. The van der Waals surface area contributed by atoms with Crippen LogP contribution < -0.4 is 0 Å². The van der Waals surface area contributed by atoms with E-state index in [9.17, 15) is 19.4 Å². The van der Waals surface area contributed by atoms with Gasteiger partial charge in [-0.15, -0.1) is 0 Å². The maximum atomic E-state index is 13.6. The fourth-order valence-corrected chi connectivity index (χ4v) is 3.87. The zero-order chi connectivity index (χ0) is 23.3. The first-order valence-corrected chi connectivity index (χ1v) is 10.8. The molecular weight excluding hydrogens is 411 g/mol. The second-order valence-electron chi connectivity index (χ2n) is 8.30. The van der Waals surface area contributed by atoms with Crippen LogP contribution in [0.3, 0.4) is 0 Å². The van der Waals surface area contributed by atoms with Crippen LogP contribution in [-0.2, 0) is 11.2 Å². The summed E-state index contributed by atoms with van der Waals surface area (Å²) in [5.41, 5.74) is 4.34. The number of benzene rings is 2. The molecule has 1 aromatic heterocycles. The summed E-state index contributed by atoms with van der Waals surface area (Å²) in [6.45, 7) is 4.09. The van der Waals surface area contributed by atoms with Crippen LogP contribution in [0.5, 0.6) is 0 Å². The van der Waals surface area contributed by atoms with E-state index in [0.717, 1.165) is 28.2 Å². The Kier molecular flexibility index (Phi) is 7.77. The molecule has 0 unspecified atom stereocenters. The lowest BCUT2D eigenvalue weighted by atomic mass is 9.94. The lowest BCUT2D eigenvalue weighted by Gasteiger charge is -2.16. The number of carbonyl (C=O) groups is 1. The van der Waals surface area contributed by atoms with Crippen LogP contribution in [0.15, 0.2) is 54.6 Å². The first kappa shape index (κ1) is 23.6. The van der Waals surface area contributed by atoms with Crippen molar-refractivity contribution in [2.45, 2.75) is 57.7 Å². The Morgan fingerprint density at radius 1 is 1.03 bits per heavy atom. The largest absolute Gasteiger partial charge is 0.481 e. The predicted molar refractivity (Wildman–Crippen MR) is 120 cm³/mol. The summed E-state index contributed by atoms with van der Waals surface area (Å²) in [4.78, 5) is 10.8. The summed E-state index contributed by atoms with van der Waals surface area (Å²) in [7, 11) is 0. The molecule has 1 heterocycles. The van der Waals surface area contributed by atoms with E-state index in [2.05, 4.69) is 0 Å². The van der Waals surface area contributed by atoms with Gasteiger partial charge in [-0.2, -0.15) is 5.10 Å². The third kappa shape index (κ3) is 5.81. The molecule has 3 aromatic rings. The molecule has 0 amide bonds. The van der Waals surface area contributed by atoms with Crippen molar-refractivity contribution in [2.75, 3.05) is 0 Å². The average molecular weight is 441 g/mol. The molecule has 3 N–H and O–H groups in total. The molecule has 0 fully saturated rings. The monoisotopic (exact) mass is 440 g/mol. The third-order valence-corrected chi connectivity index (χ3v) is 5.36. The van der Waals surface area contributed by atoms with E-state index in [1.54, 1.807) is 12.1 Å². The summed E-state index contributed by atoms with van der Waals surface area (Å²) in [6, 6.07) is 15.9. The SMILES string of the molecule is CC(C)c1nn(-c2ccccc2)c(-c2ccc(F)cc2)c1CC[C@@H](O)C[C@@H](O)CC(=O)O.